The molecular formula is C24H39N3. The molecule has 0 aliphatic carbocycles. The number of nitrogens with zero attached hydrogens (tertiary/aromatic N) is 2. The Bertz CT molecular complexity index is 624. The predicted molar refractivity (Wildman–Crippen MR) is 120 cm³/mol. The highest BCUT2D eigenvalue weighted by molar-refractivity contribution is 5.52. The summed E-state index contributed by atoms with van der Waals surface area (Å²) in [7, 11) is 1.80. The van der Waals surface area contributed by atoms with Crippen LogP contribution >= 0.6 is 0 Å². The number of piperidine rings is 1. The van der Waals surface area contributed by atoms with Gasteiger partial charge in [-0.3, -0.25) is 0 Å². The quantitative estimate of drug-likeness (QED) is 0.343. The Morgan fingerprint density at radius 2 is 1.78 bits per heavy atom. The third kappa shape index (κ3) is 7.36. The molecular weight excluding hydrogens is 330 g/mol. The molecule has 1 rings (SSSR count). The molecule has 0 bridgehead atoms. The molecule has 0 aromatic rings. The standard InChI is InChI=1S/C24H39N3/c1-9-19(5)24(16-22(10-2)21(7)26(8)25)15-20(6)23-11-13-27(14-12-23)17-18(3)4/h9-10,15-16,18,23H,1,5,7,11-14,17,25H2,2-4,6,8H3/b20-15+,22-10+,24-16-. The molecule has 0 saturated carbocycles. The fourth-order valence-corrected chi connectivity index (χ4v) is 3.50. The zero-order valence-corrected chi connectivity index (χ0v) is 18.1. The lowest BCUT2D eigenvalue weighted by molar-refractivity contribution is 0.180. The number of rotatable bonds is 9. The topological polar surface area (TPSA) is 32.5 Å². The van der Waals surface area contributed by atoms with Crippen molar-refractivity contribution in [1.29, 1.82) is 0 Å². The van der Waals surface area contributed by atoms with Gasteiger partial charge < -0.3 is 9.91 Å². The molecule has 1 saturated heterocycles. The van der Waals surface area contributed by atoms with Crippen LogP contribution in [0.25, 0.3) is 0 Å². The van der Waals surface area contributed by atoms with Gasteiger partial charge in [0.15, 0.2) is 0 Å². The summed E-state index contributed by atoms with van der Waals surface area (Å²) >= 11 is 0. The Labute approximate surface area is 167 Å². The van der Waals surface area contributed by atoms with E-state index in [0.717, 1.165) is 28.3 Å². The maximum Gasteiger partial charge on any atom is 0.0511 e. The second kappa shape index (κ2) is 11.1. The minimum absolute atomic E-state index is 0.629. The van der Waals surface area contributed by atoms with E-state index >= 15 is 0 Å². The fraction of sp³-hybridized carbons (Fsp3) is 0.500. The maximum atomic E-state index is 5.86. The maximum absolute atomic E-state index is 5.86. The lowest BCUT2D eigenvalue weighted by atomic mass is 9.87. The van der Waals surface area contributed by atoms with Crippen molar-refractivity contribution in [3.8, 4) is 0 Å². The van der Waals surface area contributed by atoms with Gasteiger partial charge in [-0.15, -0.1) is 0 Å². The van der Waals surface area contributed by atoms with Crippen LogP contribution < -0.4 is 5.84 Å². The van der Waals surface area contributed by atoms with Gasteiger partial charge in [0.25, 0.3) is 0 Å². The number of allylic oxidation sites excluding steroid dienone is 7. The molecule has 3 nitrogen and oxygen atoms in total. The molecule has 0 atom stereocenters. The molecule has 1 fully saturated rings. The lowest BCUT2D eigenvalue weighted by Crippen LogP contribution is -2.36. The monoisotopic (exact) mass is 369 g/mol. The van der Waals surface area contributed by atoms with E-state index in [9.17, 15) is 0 Å². The summed E-state index contributed by atoms with van der Waals surface area (Å²) < 4.78 is 0. The zero-order valence-electron chi connectivity index (χ0n) is 18.1. The van der Waals surface area contributed by atoms with Crippen molar-refractivity contribution in [1.82, 2.24) is 9.91 Å². The summed E-state index contributed by atoms with van der Waals surface area (Å²) in [5.41, 5.74) is 5.17. The van der Waals surface area contributed by atoms with E-state index in [-0.39, 0.29) is 0 Å². The zero-order chi connectivity index (χ0) is 20.6. The normalized spacial score (nSPS) is 18.0. The van der Waals surface area contributed by atoms with Gasteiger partial charge in [-0.25, -0.2) is 5.84 Å². The predicted octanol–water partition coefficient (Wildman–Crippen LogP) is 5.23. The van der Waals surface area contributed by atoms with Crippen LogP contribution in [0.1, 0.15) is 40.5 Å². The third-order valence-electron chi connectivity index (χ3n) is 5.24. The van der Waals surface area contributed by atoms with Crippen molar-refractivity contribution in [3.63, 3.8) is 0 Å². The van der Waals surface area contributed by atoms with Crippen LogP contribution in [0.3, 0.4) is 0 Å². The Morgan fingerprint density at radius 3 is 2.22 bits per heavy atom. The van der Waals surface area contributed by atoms with Crippen LogP contribution in [0, 0.1) is 11.8 Å². The van der Waals surface area contributed by atoms with Crippen molar-refractivity contribution in [2.75, 3.05) is 26.7 Å². The van der Waals surface area contributed by atoms with Crippen molar-refractivity contribution in [2.24, 2.45) is 17.7 Å². The molecule has 1 aliphatic heterocycles. The van der Waals surface area contributed by atoms with Gasteiger partial charge in [0.1, 0.15) is 0 Å². The van der Waals surface area contributed by atoms with Gasteiger partial charge in [0.05, 0.1) is 5.70 Å². The minimum atomic E-state index is 0.629. The Kier molecular flexibility index (Phi) is 9.54. The van der Waals surface area contributed by atoms with E-state index in [1.807, 2.05) is 19.1 Å². The number of nitrogens with two attached hydrogens (primary N) is 1. The first-order valence-electron chi connectivity index (χ1n) is 9.97. The van der Waals surface area contributed by atoms with E-state index in [1.54, 1.807) is 12.1 Å². The van der Waals surface area contributed by atoms with Gasteiger partial charge in [0.2, 0.25) is 0 Å². The van der Waals surface area contributed by atoms with E-state index in [0.29, 0.717) is 5.92 Å². The first kappa shape index (κ1) is 23.2. The van der Waals surface area contributed by atoms with Gasteiger partial charge in [-0.05, 0) is 74.4 Å². The molecule has 2 N–H and O–H groups in total. The Balaban J connectivity index is 2.99. The molecule has 0 spiro atoms. The molecule has 0 aromatic heterocycles. The lowest BCUT2D eigenvalue weighted by Gasteiger charge is -2.33. The smallest absolute Gasteiger partial charge is 0.0511 e. The van der Waals surface area contributed by atoms with Gasteiger partial charge in [-0.2, -0.15) is 0 Å². The molecule has 0 unspecified atom stereocenters. The molecule has 150 valence electrons. The molecule has 1 aliphatic rings. The molecule has 3 heteroatoms. The third-order valence-corrected chi connectivity index (χ3v) is 5.24. The van der Waals surface area contributed by atoms with E-state index < -0.39 is 0 Å². The Morgan fingerprint density at radius 1 is 1.19 bits per heavy atom. The van der Waals surface area contributed by atoms with Crippen LogP contribution in [0.2, 0.25) is 0 Å². The summed E-state index contributed by atoms with van der Waals surface area (Å²) in [5.74, 6) is 7.22. The number of hydrazine groups is 1. The van der Waals surface area contributed by atoms with Crippen LogP contribution in [-0.4, -0.2) is 36.6 Å². The van der Waals surface area contributed by atoms with Crippen molar-refractivity contribution in [2.45, 2.75) is 40.5 Å². The number of likely N-dealkylation sites (tertiary alicyclic amines) is 1. The number of hydrogen-bond acceptors (Lipinski definition) is 3. The summed E-state index contributed by atoms with van der Waals surface area (Å²) in [6.07, 6.45) is 10.6. The molecule has 1 heterocycles. The van der Waals surface area contributed by atoms with Gasteiger partial charge in [-0.1, -0.05) is 57.4 Å². The first-order valence-corrected chi connectivity index (χ1v) is 9.97. The van der Waals surface area contributed by atoms with E-state index in [2.05, 4.69) is 57.6 Å². The summed E-state index contributed by atoms with van der Waals surface area (Å²) in [5, 5.41) is 1.54. The highest BCUT2D eigenvalue weighted by Crippen LogP contribution is 2.28. The molecule has 0 radical (unpaired) electrons. The summed E-state index contributed by atoms with van der Waals surface area (Å²) in [4.78, 5) is 2.59. The highest BCUT2D eigenvalue weighted by Gasteiger charge is 2.21. The van der Waals surface area contributed by atoms with Crippen molar-refractivity contribution < 1.29 is 0 Å². The van der Waals surface area contributed by atoms with Crippen molar-refractivity contribution >= 4 is 0 Å². The minimum Gasteiger partial charge on any atom is -0.314 e. The number of likely N-dealkylation sites (N-methyl/N-ethyl adjacent to an activating group) is 1. The van der Waals surface area contributed by atoms with E-state index in [1.165, 1.54) is 38.0 Å². The average Bonchev–Trinajstić information content (AvgIpc) is 2.63. The highest BCUT2D eigenvalue weighted by atomic mass is 15.4. The van der Waals surface area contributed by atoms with Gasteiger partial charge in [0, 0.05) is 13.6 Å². The van der Waals surface area contributed by atoms with Gasteiger partial charge >= 0.3 is 0 Å². The van der Waals surface area contributed by atoms with E-state index in [4.69, 9.17) is 5.84 Å². The number of hydrogen-bond donors (Lipinski definition) is 1. The van der Waals surface area contributed by atoms with Crippen LogP contribution in [0.5, 0.6) is 0 Å². The SMILES string of the molecule is C=CC(=C)C(=C\C(=C/C)C(=C)N(C)N)/C=C(\C)C1CCN(CC(C)C)CC1. The second-order valence-electron chi connectivity index (χ2n) is 7.99. The molecule has 0 amide bonds. The summed E-state index contributed by atoms with van der Waals surface area (Å²) in [6.45, 7) is 24.5. The van der Waals surface area contributed by atoms with Crippen LogP contribution in [0.4, 0.5) is 0 Å². The summed E-state index contributed by atoms with van der Waals surface area (Å²) in [6, 6.07) is 0. The fourth-order valence-electron chi connectivity index (χ4n) is 3.50. The van der Waals surface area contributed by atoms with Crippen LogP contribution in [0.15, 0.2) is 72.0 Å². The molecule has 0 aromatic carbocycles. The largest absolute Gasteiger partial charge is 0.314 e. The first-order chi connectivity index (χ1) is 12.7. The van der Waals surface area contributed by atoms with Crippen molar-refractivity contribution in [3.05, 3.63) is 72.0 Å². The van der Waals surface area contributed by atoms with Crippen LogP contribution in [-0.2, 0) is 0 Å². The Hall–Kier alpha value is -1.84. The average molecular weight is 370 g/mol. The second-order valence-corrected chi connectivity index (χ2v) is 7.99. The molecule has 27 heavy (non-hydrogen) atoms.